The fraction of sp³-hybridized carbons (Fsp3) is 0.308. The van der Waals surface area contributed by atoms with Gasteiger partial charge >= 0.3 is 11.9 Å². The monoisotopic (exact) mass is 492 g/mol. The number of nitrogens with zero attached hydrogens (tertiary/aromatic N) is 3. The molecule has 4 rings (SSSR count). The van der Waals surface area contributed by atoms with Gasteiger partial charge in [0.1, 0.15) is 0 Å². The van der Waals surface area contributed by atoms with Gasteiger partial charge in [-0.05, 0) is 68.0 Å². The molecule has 0 aliphatic carbocycles. The molecule has 3 heterocycles. The SMILES string of the molecule is COC(=O)CCN1C(=S)N[C@H](c2ccccn2)[C@H]1c1cc(C)n(-c2cccc(C(=O)OC)c2)c1C. The van der Waals surface area contributed by atoms with E-state index in [0.29, 0.717) is 17.2 Å². The molecule has 1 fully saturated rings. The number of methoxy groups -OCH3 is 2. The third-order valence-electron chi connectivity index (χ3n) is 6.30. The Kier molecular flexibility index (Phi) is 7.16. The minimum absolute atomic E-state index is 0.189. The van der Waals surface area contributed by atoms with Crippen molar-refractivity contribution >= 4 is 29.3 Å². The summed E-state index contributed by atoms with van der Waals surface area (Å²) in [5.41, 5.74) is 5.26. The first-order chi connectivity index (χ1) is 16.8. The Morgan fingerprint density at radius 3 is 2.57 bits per heavy atom. The zero-order chi connectivity index (χ0) is 25.1. The predicted molar refractivity (Wildman–Crippen MR) is 135 cm³/mol. The lowest BCUT2D eigenvalue weighted by atomic mass is 9.96. The van der Waals surface area contributed by atoms with Gasteiger partial charge in [0, 0.05) is 29.8 Å². The van der Waals surface area contributed by atoms with Gasteiger partial charge in [0.2, 0.25) is 0 Å². The largest absolute Gasteiger partial charge is 0.469 e. The highest BCUT2D eigenvalue weighted by molar-refractivity contribution is 7.80. The molecule has 0 radical (unpaired) electrons. The van der Waals surface area contributed by atoms with Gasteiger partial charge in [-0.15, -0.1) is 0 Å². The Bertz CT molecular complexity index is 1260. The van der Waals surface area contributed by atoms with Crippen molar-refractivity contribution in [3.05, 3.63) is 82.9 Å². The lowest BCUT2D eigenvalue weighted by Crippen LogP contribution is -2.32. The first-order valence-electron chi connectivity index (χ1n) is 11.3. The Hall–Kier alpha value is -3.72. The minimum atomic E-state index is -0.385. The van der Waals surface area contributed by atoms with E-state index in [2.05, 4.69) is 20.9 Å². The number of rotatable bonds is 7. The van der Waals surface area contributed by atoms with Crippen LogP contribution in [0.1, 0.15) is 51.5 Å². The highest BCUT2D eigenvalue weighted by Crippen LogP contribution is 2.41. The maximum atomic E-state index is 12.1. The standard InChI is InChI=1S/C26H28N4O4S/c1-16-14-20(17(2)30(16)19-9-7-8-18(15-19)25(32)34-4)24-23(21-10-5-6-12-27-21)28-26(35)29(24)13-11-22(31)33-3/h5-10,12,14-15,23-24H,11,13H2,1-4H3,(H,28,35)/t23-,24-/m1/s1. The van der Waals surface area contributed by atoms with Crippen LogP contribution in [0.15, 0.2) is 54.7 Å². The number of nitrogens with one attached hydrogen (secondary N) is 1. The van der Waals surface area contributed by atoms with E-state index in [9.17, 15) is 9.59 Å². The van der Waals surface area contributed by atoms with Gasteiger partial charge in [-0.3, -0.25) is 9.78 Å². The number of hydrogen-bond donors (Lipinski definition) is 1. The van der Waals surface area contributed by atoms with Gasteiger partial charge < -0.3 is 24.3 Å². The summed E-state index contributed by atoms with van der Waals surface area (Å²) in [6, 6.07) is 14.9. The average molecular weight is 493 g/mol. The molecule has 9 heteroatoms. The molecule has 0 amide bonds. The van der Waals surface area contributed by atoms with E-state index in [-0.39, 0.29) is 30.4 Å². The van der Waals surface area contributed by atoms with Crippen LogP contribution in [0.25, 0.3) is 5.69 Å². The number of hydrogen-bond acceptors (Lipinski definition) is 6. The van der Waals surface area contributed by atoms with E-state index in [1.54, 1.807) is 12.3 Å². The molecule has 3 aromatic rings. The summed E-state index contributed by atoms with van der Waals surface area (Å²) in [6.45, 7) is 4.48. The number of ether oxygens (including phenoxy) is 2. The number of carbonyl (C=O) groups excluding carboxylic acids is 2. The van der Waals surface area contributed by atoms with Crippen LogP contribution in [0.3, 0.4) is 0 Å². The van der Waals surface area contributed by atoms with Crippen molar-refractivity contribution in [2.24, 2.45) is 0 Å². The van der Waals surface area contributed by atoms with Gasteiger partial charge in [-0.25, -0.2) is 4.79 Å². The number of pyridine rings is 1. The van der Waals surface area contributed by atoms with Crippen LogP contribution in [0.2, 0.25) is 0 Å². The lowest BCUT2D eigenvalue weighted by Gasteiger charge is -2.28. The van der Waals surface area contributed by atoms with Gasteiger partial charge in [0.05, 0.1) is 44.0 Å². The second kappa shape index (κ2) is 10.3. The zero-order valence-electron chi connectivity index (χ0n) is 20.1. The van der Waals surface area contributed by atoms with Crippen LogP contribution in [0, 0.1) is 13.8 Å². The van der Waals surface area contributed by atoms with Crippen molar-refractivity contribution in [2.45, 2.75) is 32.4 Å². The number of aryl methyl sites for hydroxylation is 1. The lowest BCUT2D eigenvalue weighted by molar-refractivity contribution is -0.140. The molecular formula is C26H28N4O4S. The molecule has 1 saturated heterocycles. The zero-order valence-corrected chi connectivity index (χ0v) is 21.0. The number of benzene rings is 1. The molecule has 182 valence electrons. The molecule has 1 aromatic carbocycles. The molecule has 8 nitrogen and oxygen atoms in total. The molecule has 1 N–H and O–H groups in total. The van der Waals surface area contributed by atoms with E-state index in [1.165, 1.54) is 14.2 Å². The summed E-state index contributed by atoms with van der Waals surface area (Å²) in [5, 5.41) is 3.97. The van der Waals surface area contributed by atoms with Crippen LogP contribution in [-0.4, -0.2) is 52.3 Å². The Morgan fingerprint density at radius 1 is 1.09 bits per heavy atom. The summed E-state index contributed by atoms with van der Waals surface area (Å²) >= 11 is 5.70. The third-order valence-corrected chi connectivity index (χ3v) is 6.65. The van der Waals surface area contributed by atoms with E-state index in [0.717, 1.165) is 28.3 Å². The second-order valence-corrected chi connectivity index (χ2v) is 8.74. The van der Waals surface area contributed by atoms with Gasteiger partial charge in [-0.2, -0.15) is 0 Å². The van der Waals surface area contributed by atoms with E-state index >= 15 is 0 Å². The van der Waals surface area contributed by atoms with E-state index in [4.69, 9.17) is 21.7 Å². The molecule has 0 spiro atoms. The molecule has 2 atom stereocenters. The van der Waals surface area contributed by atoms with E-state index < -0.39 is 0 Å². The van der Waals surface area contributed by atoms with Crippen molar-refractivity contribution < 1.29 is 19.1 Å². The molecule has 0 saturated carbocycles. The van der Waals surface area contributed by atoms with Crippen molar-refractivity contribution in [2.75, 3.05) is 20.8 Å². The third kappa shape index (κ3) is 4.77. The Morgan fingerprint density at radius 2 is 1.89 bits per heavy atom. The smallest absolute Gasteiger partial charge is 0.337 e. The van der Waals surface area contributed by atoms with Crippen molar-refractivity contribution in [1.82, 2.24) is 19.8 Å². The quantitative estimate of drug-likeness (QED) is 0.394. The maximum absolute atomic E-state index is 12.1. The van der Waals surface area contributed by atoms with Crippen LogP contribution in [-0.2, 0) is 14.3 Å². The first kappa shape index (κ1) is 24.4. The maximum Gasteiger partial charge on any atom is 0.337 e. The molecule has 2 aromatic heterocycles. The molecule has 35 heavy (non-hydrogen) atoms. The van der Waals surface area contributed by atoms with Gasteiger partial charge in [0.15, 0.2) is 5.11 Å². The fourth-order valence-electron chi connectivity index (χ4n) is 4.67. The predicted octanol–water partition coefficient (Wildman–Crippen LogP) is 3.81. The number of thiocarbonyl (C=S) groups is 1. The number of carbonyl (C=O) groups is 2. The molecule has 0 unspecified atom stereocenters. The van der Waals surface area contributed by atoms with Crippen molar-refractivity contribution in [1.29, 1.82) is 0 Å². The summed E-state index contributed by atoms with van der Waals surface area (Å²) in [6.07, 6.45) is 1.97. The van der Waals surface area contributed by atoms with Crippen molar-refractivity contribution in [3.63, 3.8) is 0 Å². The summed E-state index contributed by atoms with van der Waals surface area (Å²) < 4.78 is 11.9. The van der Waals surface area contributed by atoms with E-state index in [1.807, 2.05) is 55.1 Å². The topological polar surface area (TPSA) is 85.7 Å². The molecule has 1 aliphatic rings. The number of aromatic nitrogens is 2. The minimum Gasteiger partial charge on any atom is -0.469 e. The Labute approximate surface area is 209 Å². The van der Waals surface area contributed by atoms with Crippen LogP contribution in [0.5, 0.6) is 0 Å². The molecule has 1 aliphatic heterocycles. The average Bonchev–Trinajstić information content (AvgIpc) is 3.36. The van der Waals surface area contributed by atoms with Crippen LogP contribution < -0.4 is 5.32 Å². The second-order valence-electron chi connectivity index (χ2n) is 8.35. The van der Waals surface area contributed by atoms with Crippen LogP contribution in [0.4, 0.5) is 0 Å². The normalized spacial score (nSPS) is 17.3. The van der Waals surface area contributed by atoms with Crippen LogP contribution >= 0.6 is 12.2 Å². The van der Waals surface area contributed by atoms with Gasteiger partial charge in [0.25, 0.3) is 0 Å². The first-order valence-corrected chi connectivity index (χ1v) is 11.7. The molecular weight excluding hydrogens is 464 g/mol. The summed E-state index contributed by atoms with van der Waals surface area (Å²) in [7, 11) is 2.75. The summed E-state index contributed by atoms with van der Waals surface area (Å²) in [4.78, 5) is 30.6. The Balaban J connectivity index is 1.79. The number of esters is 2. The fourth-order valence-corrected chi connectivity index (χ4v) is 5.00. The van der Waals surface area contributed by atoms with Crippen molar-refractivity contribution in [3.8, 4) is 5.69 Å². The molecule has 0 bridgehead atoms. The summed E-state index contributed by atoms with van der Waals surface area (Å²) in [5.74, 6) is -0.679. The highest BCUT2D eigenvalue weighted by atomic mass is 32.1. The highest BCUT2D eigenvalue weighted by Gasteiger charge is 2.41. The van der Waals surface area contributed by atoms with Gasteiger partial charge in [-0.1, -0.05) is 12.1 Å².